The molecule has 2 aromatic carbocycles. The van der Waals surface area contributed by atoms with Crippen LogP contribution in [0.15, 0.2) is 54.6 Å². The summed E-state index contributed by atoms with van der Waals surface area (Å²) in [5.41, 5.74) is -0.144. The molecule has 0 aliphatic carbocycles. The van der Waals surface area contributed by atoms with Gasteiger partial charge in [0, 0.05) is 12.0 Å². The van der Waals surface area contributed by atoms with E-state index in [1.54, 1.807) is 46.4 Å². The molecule has 2 aromatic rings. The van der Waals surface area contributed by atoms with E-state index in [9.17, 15) is 19.2 Å². The molecule has 0 aromatic heterocycles. The van der Waals surface area contributed by atoms with Crippen LogP contribution >= 0.6 is 0 Å². The maximum atomic E-state index is 14.7. The van der Waals surface area contributed by atoms with E-state index in [0.29, 0.717) is 12.0 Å². The Bertz CT molecular complexity index is 1340. The second-order valence-corrected chi connectivity index (χ2v) is 14.8. The lowest BCUT2D eigenvalue weighted by Gasteiger charge is -2.45. The second kappa shape index (κ2) is 15.6. The van der Waals surface area contributed by atoms with Crippen LogP contribution in [-0.4, -0.2) is 57.6 Å². The molecule has 0 bridgehead atoms. The van der Waals surface area contributed by atoms with Crippen molar-refractivity contribution in [2.75, 3.05) is 0 Å². The van der Waals surface area contributed by atoms with Crippen LogP contribution in [0.5, 0.6) is 0 Å². The number of amides is 3. The molecule has 2 N–H and O–H groups in total. The van der Waals surface area contributed by atoms with Gasteiger partial charge in [0.2, 0.25) is 11.8 Å². The summed E-state index contributed by atoms with van der Waals surface area (Å²) in [5.74, 6) is -1.88. The monoisotopic (exact) mass is 637 g/mol. The normalized spacial score (nSPS) is 14.1. The third-order valence-electron chi connectivity index (χ3n) is 7.64. The van der Waals surface area contributed by atoms with Gasteiger partial charge in [-0.1, -0.05) is 75.4 Å². The summed E-state index contributed by atoms with van der Waals surface area (Å²) in [7, 11) is 0. The lowest BCUT2D eigenvalue weighted by molar-refractivity contribution is -0.159. The lowest BCUT2D eigenvalue weighted by atomic mass is 9.89. The summed E-state index contributed by atoms with van der Waals surface area (Å²) in [6, 6.07) is 13.6. The van der Waals surface area contributed by atoms with E-state index in [1.165, 1.54) is 0 Å². The molecular formula is C37H55N3O6. The Balaban J connectivity index is 2.70. The van der Waals surface area contributed by atoms with Gasteiger partial charge in [-0.3, -0.25) is 9.59 Å². The molecule has 0 fully saturated rings. The minimum atomic E-state index is -1.13. The SMILES string of the molecule is CCC(C)(C)N(C(=O)C(NC(=O)OC(C)(C)C)C(C)C)C(C(=O)NC(Cc1ccccc1)C(=O)OC(C)(C)C)c1ccccc1C. The predicted octanol–water partition coefficient (Wildman–Crippen LogP) is 6.67. The highest BCUT2D eigenvalue weighted by Gasteiger charge is 2.45. The first-order valence-corrected chi connectivity index (χ1v) is 16.1. The van der Waals surface area contributed by atoms with Gasteiger partial charge in [0.05, 0.1) is 0 Å². The fourth-order valence-corrected chi connectivity index (χ4v) is 5.00. The third-order valence-corrected chi connectivity index (χ3v) is 7.64. The van der Waals surface area contributed by atoms with Crippen LogP contribution in [0.1, 0.15) is 105 Å². The summed E-state index contributed by atoms with van der Waals surface area (Å²) in [6.07, 6.45) is -0.0221. The van der Waals surface area contributed by atoms with Crippen molar-refractivity contribution in [3.8, 4) is 0 Å². The molecule has 2 rings (SSSR count). The zero-order valence-electron chi connectivity index (χ0n) is 29.8. The number of alkyl carbamates (subject to hydrolysis) is 1. The molecule has 46 heavy (non-hydrogen) atoms. The molecule has 0 spiro atoms. The number of nitrogens with one attached hydrogen (secondary N) is 2. The van der Waals surface area contributed by atoms with E-state index in [1.807, 2.05) is 96.1 Å². The largest absolute Gasteiger partial charge is 0.458 e. The number of hydrogen-bond acceptors (Lipinski definition) is 6. The summed E-state index contributed by atoms with van der Waals surface area (Å²) in [5, 5.41) is 5.73. The predicted molar refractivity (Wildman–Crippen MR) is 181 cm³/mol. The molecule has 9 nitrogen and oxygen atoms in total. The van der Waals surface area contributed by atoms with Crippen LogP contribution in [0.3, 0.4) is 0 Å². The molecule has 9 heteroatoms. The van der Waals surface area contributed by atoms with Crippen LogP contribution in [-0.2, 0) is 30.3 Å². The molecule has 254 valence electrons. The second-order valence-electron chi connectivity index (χ2n) is 14.8. The molecule has 0 saturated carbocycles. The highest BCUT2D eigenvalue weighted by molar-refractivity contribution is 5.94. The van der Waals surface area contributed by atoms with Crippen LogP contribution in [0.25, 0.3) is 0 Å². The zero-order valence-corrected chi connectivity index (χ0v) is 29.8. The Morgan fingerprint density at radius 2 is 1.33 bits per heavy atom. The minimum Gasteiger partial charge on any atom is -0.458 e. The van der Waals surface area contributed by atoms with E-state index >= 15 is 0 Å². The van der Waals surface area contributed by atoms with Crippen molar-refractivity contribution in [2.24, 2.45) is 5.92 Å². The number of ether oxygens (including phenoxy) is 2. The topological polar surface area (TPSA) is 114 Å². The molecule has 0 aliphatic heterocycles. The van der Waals surface area contributed by atoms with E-state index in [2.05, 4.69) is 10.6 Å². The van der Waals surface area contributed by atoms with Crippen molar-refractivity contribution in [3.63, 3.8) is 0 Å². The number of benzene rings is 2. The Kier molecular flexibility index (Phi) is 13.0. The highest BCUT2D eigenvalue weighted by Crippen LogP contribution is 2.34. The number of carbonyl (C=O) groups excluding carboxylic acids is 4. The highest BCUT2D eigenvalue weighted by atomic mass is 16.6. The number of nitrogens with zero attached hydrogens (tertiary/aromatic N) is 1. The molecule has 3 unspecified atom stereocenters. The van der Waals surface area contributed by atoms with Gasteiger partial charge in [-0.2, -0.15) is 0 Å². The molecule has 3 atom stereocenters. The molecule has 0 aliphatic rings. The van der Waals surface area contributed by atoms with Crippen LogP contribution in [0, 0.1) is 12.8 Å². The molecule has 0 saturated heterocycles. The Morgan fingerprint density at radius 1 is 0.783 bits per heavy atom. The number of carbonyl (C=O) groups is 4. The van der Waals surface area contributed by atoms with Gasteiger partial charge in [0.15, 0.2) is 0 Å². The van der Waals surface area contributed by atoms with Crippen molar-refractivity contribution >= 4 is 23.9 Å². The maximum Gasteiger partial charge on any atom is 0.408 e. The van der Waals surface area contributed by atoms with E-state index in [-0.39, 0.29) is 12.3 Å². The average Bonchev–Trinajstić information content (AvgIpc) is 2.92. The van der Waals surface area contributed by atoms with Gasteiger partial charge < -0.3 is 25.0 Å². The third kappa shape index (κ3) is 11.2. The Hall–Kier alpha value is -3.88. The molecule has 0 heterocycles. The molecule has 0 radical (unpaired) electrons. The van der Waals surface area contributed by atoms with Crippen molar-refractivity contribution in [1.29, 1.82) is 0 Å². The van der Waals surface area contributed by atoms with Gasteiger partial charge in [0.1, 0.15) is 29.3 Å². The van der Waals surface area contributed by atoms with Gasteiger partial charge >= 0.3 is 12.1 Å². The summed E-state index contributed by atoms with van der Waals surface area (Å²) >= 11 is 0. The van der Waals surface area contributed by atoms with Crippen molar-refractivity contribution < 1.29 is 28.7 Å². The van der Waals surface area contributed by atoms with E-state index < -0.39 is 58.7 Å². The summed E-state index contributed by atoms with van der Waals surface area (Å²) in [4.78, 5) is 57.4. The summed E-state index contributed by atoms with van der Waals surface area (Å²) < 4.78 is 11.2. The molecule has 3 amide bonds. The number of aryl methyl sites for hydroxylation is 1. The molecular weight excluding hydrogens is 582 g/mol. The zero-order chi connectivity index (χ0) is 35.0. The average molecular weight is 638 g/mol. The fraction of sp³-hybridized carbons (Fsp3) is 0.568. The first-order valence-electron chi connectivity index (χ1n) is 16.1. The van der Waals surface area contributed by atoms with Gasteiger partial charge in [0.25, 0.3) is 0 Å². The first-order chi connectivity index (χ1) is 21.2. The fourth-order valence-electron chi connectivity index (χ4n) is 5.00. The van der Waals surface area contributed by atoms with Gasteiger partial charge in [-0.05, 0) is 91.3 Å². The Labute approximate surface area is 275 Å². The van der Waals surface area contributed by atoms with Crippen molar-refractivity contribution in [3.05, 3.63) is 71.3 Å². The van der Waals surface area contributed by atoms with Crippen molar-refractivity contribution in [2.45, 2.75) is 131 Å². The smallest absolute Gasteiger partial charge is 0.408 e. The first kappa shape index (κ1) is 38.3. The van der Waals surface area contributed by atoms with Crippen LogP contribution < -0.4 is 10.6 Å². The van der Waals surface area contributed by atoms with Crippen LogP contribution in [0.4, 0.5) is 4.79 Å². The number of esters is 1. The van der Waals surface area contributed by atoms with Gasteiger partial charge in [-0.15, -0.1) is 0 Å². The van der Waals surface area contributed by atoms with Crippen LogP contribution in [0.2, 0.25) is 0 Å². The Morgan fingerprint density at radius 3 is 1.83 bits per heavy atom. The number of rotatable bonds is 12. The number of hydrogen-bond donors (Lipinski definition) is 2. The van der Waals surface area contributed by atoms with Crippen molar-refractivity contribution in [1.82, 2.24) is 15.5 Å². The van der Waals surface area contributed by atoms with E-state index in [4.69, 9.17) is 9.47 Å². The maximum absolute atomic E-state index is 14.7. The van der Waals surface area contributed by atoms with E-state index in [0.717, 1.165) is 11.1 Å². The quantitative estimate of drug-likeness (QED) is 0.251. The van der Waals surface area contributed by atoms with Gasteiger partial charge in [-0.25, -0.2) is 9.59 Å². The summed E-state index contributed by atoms with van der Waals surface area (Å²) in [6.45, 7) is 21.8. The minimum absolute atomic E-state index is 0.196. The standard InChI is InChI=1S/C37H55N3O6/c1-13-37(11,12)40(32(42)29(24(2)3)39-34(44)46-36(8,9)10)30(27-22-18-17-19-25(27)4)31(41)38-28(33(43)45-35(5,6)7)23-26-20-15-14-16-21-26/h14-22,24,28-30H,13,23H2,1-12H3,(H,38,41)(H,39,44). The lowest BCUT2D eigenvalue weighted by Crippen LogP contribution is -2.61.